The molecule has 0 saturated heterocycles. The fourth-order valence-electron chi connectivity index (χ4n) is 9.53. The Kier molecular flexibility index (Phi) is 8.94. The highest BCUT2D eigenvalue weighted by atomic mass is 32.2. The van der Waals surface area contributed by atoms with Crippen LogP contribution in [-0.4, -0.2) is 68.7 Å². The van der Waals surface area contributed by atoms with Gasteiger partial charge in [0.2, 0.25) is 5.91 Å². The number of carbonyl (C=O) groups is 2. The van der Waals surface area contributed by atoms with Crippen molar-refractivity contribution in [2.24, 2.45) is 46.3 Å². The maximum atomic E-state index is 12.6. The molecule has 7 nitrogen and oxygen atoms in total. The summed E-state index contributed by atoms with van der Waals surface area (Å²) in [5, 5.41) is 45.1. The number of nitrogens with one attached hydrogen (secondary N) is 1. The summed E-state index contributed by atoms with van der Waals surface area (Å²) in [6, 6.07) is -0.829. The standard InChI is InChI=1S/C29H49NO6S/c1-16(5-8-23(32)30-22(27(35)36)11-14-37-4)18-6-7-19-24-20(10-13-28(18,19)2)29(3)12-9-17(31)15-21(29)25(33)26(24)34/h16-22,24-26,31,33-34H,5-15H2,1-4H3,(H,30,32)(H,35,36)/t16-,17-,18-,19+,20+,21+,22?,24+,25-,26-,28-,29-/m1/s1. The van der Waals surface area contributed by atoms with Crippen molar-refractivity contribution in [1.29, 1.82) is 0 Å². The number of rotatable bonds is 9. The van der Waals surface area contributed by atoms with E-state index in [0.29, 0.717) is 48.7 Å². The summed E-state index contributed by atoms with van der Waals surface area (Å²) >= 11 is 1.57. The van der Waals surface area contributed by atoms with Crippen LogP contribution in [0.4, 0.5) is 0 Å². The first kappa shape index (κ1) is 29.2. The Labute approximate surface area is 226 Å². The molecule has 4 aliphatic carbocycles. The zero-order valence-corrected chi connectivity index (χ0v) is 23.9. The lowest BCUT2D eigenvalue weighted by Gasteiger charge is -2.63. The van der Waals surface area contributed by atoms with E-state index in [1.807, 2.05) is 6.26 Å². The molecule has 8 heteroatoms. The SMILES string of the molecule is CSCCC(NC(=O)CC[C@@H](C)[C@H]1CC[C@H]2[C@@H]3[C@@H](O)[C@H](O)[C@@H]4C[C@H](O)CC[C@]4(C)[C@H]3CC[C@]12C)C(=O)O. The van der Waals surface area contributed by atoms with Crippen molar-refractivity contribution in [3.8, 4) is 0 Å². The van der Waals surface area contributed by atoms with Crippen molar-refractivity contribution in [3.63, 3.8) is 0 Å². The Bertz CT molecular complexity index is 841. The summed E-state index contributed by atoms with van der Waals surface area (Å²) in [6.45, 7) is 6.91. The molecule has 4 aliphatic rings. The summed E-state index contributed by atoms with van der Waals surface area (Å²) in [7, 11) is 0. The smallest absolute Gasteiger partial charge is 0.326 e. The van der Waals surface area contributed by atoms with Crippen molar-refractivity contribution in [2.75, 3.05) is 12.0 Å². The number of carboxylic acids is 1. The van der Waals surface area contributed by atoms with E-state index in [4.69, 9.17) is 0 Å². The number of aliphatic carboxylic acids is 1. The van der Waals surface area contributed by atoms with Crippen molar-refractivity contribution in [2.45, 2.75) is 109 Å². The number of aliphatic hydroxyl groups is 3. The molecular weight excluding hydrogens is 490 g/mol. The largest absolute Gasteiger partial charge is 0.480 e. The van der Waals surface area contributed by atoms with Crippen LogP contribution >= 0.6 is 11.8 Å². The van der Waals surface area contributed by atoms with Crippen LogP contribution in [0.5, 0.6) is 0 Å². The van der Waals surface area contributed by atoms with Crippen molar-refractivity contribution in [3.05, 3.63) is 0 Å². The molecule has 0 aliphatic heterocycles. The van der Waals surface area contributed by atoms with E-state index in [2.05, 4.69) is 26.1 Å². The number of carbonyl (C=O) groups excluding carboxylic acids is 1. The van der Waals surface area contributed by atoms with Gasteiger partial charge in [0.05, 0.1) is 18.3 Å². The number of carboxylic acid groups (broad SMARTS) is 1. The molecule has 1 unspecified atom stereocenters. The minimum absolute atomic E-state index is 0.0391. The van der Waals surface area contributed by atoms with Gasteiger partial charge in [-0.2, -0.15) is 11.8 Å². The Morgan fingerprint density at radius 1 is 0.946 bits per heavy atom. The van der Waals surface area contributed by atoms with Gasteiger partial charge in [-0.25, -0.2) is 4.79 Å². The molecule has 0 heterocycles. The van der Waals surface area contributed by atoms with Gasteiger partial charge in [-0.15, -0.1) is 0 Å². The molecule has 0 radical (unpaired) electrons. The highest BCUT2D eigenvalue weighted by molar-refractivity contribution is 7.98. The van der Waals surface area contributed by atoms with E-state index in [1.54, 1.807) is 11.8 Å². The van der Waals surface area contributed by atoms with Crippen LogP contribution in [0, 0.1) is 46.3 Å². The lowest BCUT2D eigenvalue weighted by atomic mass is 9.43. The fraction of sp³-hybridized carbons (Fsp3) is 0.931. The third-order valence-corrected chi connectivity index (χ3v) is 12.2. The molecule has 0 bridgehead atoms. The van der Waals surface area contributed by atoms with Crippen LogP contribution in [0.2, 0.25) is 0 Å². The zero-order valence-electron chi connectivity index (χ0n) is 23.1. The van der Waals surface area contributed by atoms with Crippen LogP contribution in [0.1, 0.15) is 85.0 Å². The number of thioether (sulfide) groups is 1. The first-order chi connectivity index (χ1) is 17.4. The Balaban J connectivity index is 1.42. The summed E-state index contributed by atoms with van der Waals surface area (Å²) in [4.78, 5) is 24.1. The lowest BCUT2D eigenvalue weighted by molar-refractivity contribution is -0.223. The molecule has 1 amide bonds. The first-order valence-electron chi connectivity index (χ1n) is 14.5. The predicted octanol–water partition coefficient (Wildman–Crippen LogP) is 3.69. The van der Waals surface area contributed by atoms with Gasteiger partial charge in [-0.05, 0) is 116 Å². The van der Waals surface area contributed by atoms with E-state index in [0.717, 1.165) is 44.9 Å². The normalized spacial score (nSPS) is 44.7. The van der Waals surface area contributed by atoms with Crippen LogP contribution in [-0.2, 0) is 9.59 Å². The molecule has 4 fully saturated rings. The summed E-state index contributed by atoms with van der Waals surface area (Å²) in [5.41, 5.74) is 0.0275. The van der Waals surface area contributed by atoms with Gasteiger partial charge in [-0.3, -0.25) is 4.79 Å². The van der Waals surface area contributed by atoms with Crippen LogP contribution < -0.4 is 5.32 Å². The quantitative estimate of drug-likeness (QED) is 0.302. The average Bonchev–Trinajstić information content (AvgIpc) is 3.21. The maximum Gasteiger partial charge on any atom is 0.326 e. The maximum absolute atomic E-state index is 12.6. The van der Waals surface area contributed by atoms with Gasteiger partial charge < -0.3 is 25.7 Å². The lowest BCUT2D eigenvalue weighted by Crippen LogP contribution is -2.64. The molecule has 37 heavy (non-hydrogen) atoms. The van der Waals surface area contributed by atoms with Crippen LogP contribution in [0.25, 0.3) is 0 Å². The van der Waals surface area contributed by atoms with E-state index in [1.165, 1.54) is 0 Å². The highest BCUT2D eigenvalue weighted by Crippen LogP contribution is 2.68. The Hall–Kier alpha value is -0.830. The zero-order chi connectivity index (χ0) is 27.1. The number of hydrogen-bond donors (Lipinski definition) is 5. The highest BCUT2D eigenvalue weighted by Gasteiger charge is 2.65. The van der Waals surface area contributed by atoms with Crippen LogP contribution in [0.3, 0.4) is 0 Å². The molecular formula is C29H49NO6S. The minimum atomic E-state index is -0.977. The fourth-order valence-corrected chi connectivity index (χ4v) is 10.0. The molecule has 5 N–H and O–H groups in total. The summed E-state index contributed by atoms with van der Waals surface area (Å²) in [6.07, 6.45) is 8.05. The van der Waals surface area contributed by atoms with Gasteiger partial charge >= 0.3 is 5.97 Å². The molecule has 4 saturated carbocycles. The molecule has 0 aromatic heterocycles. The molecule has 212 valence electrons. The predicted molar refractivity (Wildman–Crippen MR) is 145 cm³/mol. The van der Waals surface area contributed by atoms with E-state index < -0.39 is 24.2 Å². The van der Waals surface area contributed by atoms with Gasteiger partial charge in [0.25, 0.3) is 0 Å². The number of aliphatic hydroxyl groups excluding tert-OH is 3. The van der Waals surface area contributed by atoms with Crippen molar-refractivity contribution >= 4 is 23.6 Å². The van der Waals surface area contributed by atoms with Gasteiger partial charge in [0, 0.05) is 6.42 Å². The molecule has 12 atom stereocenters. The van der Waals surface area contributed by atoms with Crippen molar-refractivity contribution < 1.29 is 30.0 Å². The third-order valence-electron chi connectivity index (χ3n) is 11.6. The molecule has 4 rings (SSSR count). The first-order valence-corrected chi connectivity index (χ1v) is 15.9. The summed E-state index contributed by atoms with van der Waals surface area (Å²) in [5.74, 6) is 1.06. The monoisotopic (exact) mass is 539 g/mol. The molecule has 0 aromatic rings. The molecule has 0 spiro atoms. The topological polar surface area (TPSA) is 127 Å². The van der Waals surface area contributed by atoms with Crippen molar-refractivity contribution in [1.82, 2.24) is 5.32 Å². The van der Waals surface area contributed by atoms with E-state index in [9.17, 15) is 30.0 Å². The number of amides is 1. The Morgan fingerprint density at radius 3 is 2.30 bits per heavy atom. The van der Waals surface area contributed by atoms with Gasteiger partial charge in [-0.1, -0.05) is 20.8 Å². The minimum Gasteiger partial charge on any atom is -0.480 e. The Morgan fingerprint density at radius 2 is 1.62 bits per heavy atom. The average molecular weight is 540 g/mol. The van der Waals surface area contributed by atoms with E-state index >= 15 is 0 Å². The van der Waals surface area contributed by atoms with Gasteiger partial charge in [0.15, 0.2) is 0 Å². The number of hydrogen-bond acceptors (Lipinski definition) is 6. The number of fused-ring (bicyclic) bond motifs is 5. The van der Waals surface area contributed by atoms with Gasteiger partial charge in [0.1, 0.15) is 6.04 Å². The third kappa shape index (κ3) is 5.33. The second-order valence-corrected chi connectivity index (χ2v) is 14.3. The second kappa shape index (κ2) is 11.3. The van der Waals surface area contributed by atoms with Crippen LogP contribution in [0.15, 0.2) is 0 Å². The second-order valence-electron chi connectivity index (χ2n) is 13.3. The summed E-state index contributed by atoms with van der Waals surface area (Å²) < 4.78 is 0. The van der Waals surface area contributed by atoms with E-state index in [-0.39, 0.29) is 34.7 Å². The molecule has 0 aromatic carbocycles.